The van der Waals surface area contributed by atoms with Crippen LogP contribution in [0.1, 0.15) is 48.3 Å². The third-order valence-corrected chi connectivity index (χ3v) is 6.25. The first-order chi connectivity index (χ1) is 11.1. The number of piperazine rings is 1. The molecule has 1 aromatic rings. The summed E-state index contributed by atoms with van der Waals surface area (Å²) in [6, 6.07) is 2.71. The van der Waals surface area contributed by atoms with Crippen molar-refractivity contribution < 1.29 is 4.79 Å². The zero-order valence-electron chi connectivity index (χ0n) is 14.7. The molecule has 2 aliphatic rings. The lowest BCUT2D eigenvalue weighted by atomic mass is 10.1. The van der Waals surface area contributed by atoms with E-state index in [-0.39, 0.29) is 5.91 Å². The Bertz CT molecular complexity index is 540. The van der Waals surface area contributed by atoms with Gasteiger partial charge >= 0.3 is 0 Å². The van der Waals surface area contributed by atoms with Gasteiger partial charge in [0.25, 0.3) is 5.91 Å². The fourth-order valence-corrected chi connectivity index (χ4v) is 4.62. The number of amides is 1. The number of anilines is 1. The van der Waals surface area contributed by atoms with Gasteiger partial charge in [0.15, 0.2) is 0 Å². The van der Waals surface area contributed by atoms with E-state index < -0.39 is 0 Å². The fraction of sp³-hybridized carbons (Fsp3) is 0.722. The highest BCUT2D eigenvalue weighted by Gasteiger charge is 2.26. The van der Waals surface area contributed by atoms with E-state index in [1.165, 1.54) is 29.1 Å². The third kappa shape index (κ3) is 3.72. The van der Waals surface area contributed by atoms with E-state index >= 15 is 0 Å². The van der Waals surface area contributed by atoms with Gasteiger partial charge in [-0.15, -0.1) is 11.3 Å². The number of hydrogen-bond acceptors (Lipinski definition) is 4. The van der Waals surface area contributed by atoms with Crippen molar-refractivity contribution in [3.63, 3.8) is 0 Å². The van der Waals surface area contributed by atoms with Gasteiger partial charge in [0.2, 0.25) is 0 Å². The molecule has 128 valence electrons. The Kier molecular flexibility index (Phi) is 5.27. The number of rotatable bonds is 3. The summed E-state index contributed by atoms with van der Waals surface area (Å²) >= 11 is 1.79. The molecule has 1 amide bonds. The van der Waals surface area contributed by atoms with E-state index in [4.69, 9.17) is 0 Å². The molecule has 3 heterocycles. The van der Waals surface area contributed by atoms with Gasteiger partial charge in [-0.3, -0.25) is 9.69 Å². The Morgan fingerprint density at radius 1 is 1.04 bits per heavy atom. The van der Waals surface area contributed by atoms with Crippen molar-refractivity contribution in [2.24, 2.45) is 0 Å². The second-order valence-electron chi connectivity index (χ2n) is 7.02. The quantitative estimate of drug-likeness (QED) is 0.848. The number of nitrogens with zero attached hydrogens (tertiary/aromatic N) is 3. The molecule has 2 saturated heterocycles. The van der Waals surface area contributed by atoms with Crippen LogP contribution in [-0.4, -0.2) is 61.0 Å². The second kappa shape index (κ2) is 7.22. The molecule has 0 aromatic carbocycles. The van der Waals surface area contributed by atoms with Crippen molar-refractivity contribution in [3.05, 3.63) is 16.5 Å². The lowest BCUT2D eigenvalue weighted by Crippen LogP contribution is -2.50. The van der Waals surface area contributed by atoms with Crippen LogP contribution in [0.4, 0.5) is 5.00 Å². The van der Waals surface area contributed by atoms with Crippen LogP contribution in [0, 0.1) is 6.92 Å². The zero-order valence-corrected chi connectivity index (χ0v) is 15.5. The molecule has 0 aliphatic carbocycles. The Labute approximate surface area is 144 Å². The summed E-state index contributed by atoms with van der Waals surface area (Å²) in [7, 11) is 0. The summed E-state index contributed by atoms with van der Waals surface area (Å²) in [6.07, 6.45) is 3.89. The molecular weight excluding hydrogens is 306 g/mol. The minimum atomic E-state index is 0.227. The van der Waals surface area contributed by atoms with Crippen LogP contribution in [0.25, 0.3) is 0 Å². The standard InChI is InChI=1S/C18H29N3OS/c1-14(2)19-9-11-21(12-10-19)18(22)16-13-17(23-15(16)3)20-7-5-4-6-8-20/h13-14H,4-12H2,1-3H3. The molecule has 0 spiro atoms. The molecule has 0 saturated carbocycles. The monoisotopic (exact) mass is 335 g/mol. The number of aryl methyl sites for hydroxylation is 1. The maximum absolute atomic E-state index is 12.9. The maximum Gasteiger partial charge on any atom is 0.255 e. The van der Waals surface area contributed by atoms with Crippen LogP contribution in [0.2, 0.25) is 0 Å². The molecule has 2 aliphatic heterocycles. The molecular formula is C18H29N3OS. The molecule has 0 bridgehead atoms. The molecule has 2 fully saturated rings. The number of thiophene rings is 1. The number of carbonyl (C=O) groups is 1. The predicted molar refractivity (Wildman–Crippen MR) is 97.7 cm³/mol. The van der Waals surface area contributed by atoms with Crippen molar-refractivity contribution in [1.29, 1.82) is 0 Å². The van der Waals surface area contributed by atoms with Crippen LogP contribution in [-0.2, 0) is 0 Å². The van der Waals surface area contributed by atoms with E-state index in [1.807, 2.05) is 4.90 Å². The van der Waals surface area contributed by atoms with Gasteiger partial charge in [0.1, 0.15) is 0 Å². The maximum atomic E-state index is 12.9. The highest BCUT2D eigenvalue weighted by molar-refractivity contribution is 7.16. The van der Waals surface area contributed by atoms with E-state index in [0.29, 0.717) is 6.04 Å². The van der Waals surface area contributed by atoms with Crippen LogP contribution >= 0.6 is 11.3 Å². The fourth-order valence-electron chi connectivity index (χ4n) is 3.56. The summed E-state index contributed by atoms with van der Waals surface area (Å²) in [5.41, 5.74) is 0.925. The average molecular weight is 336 g/mol. The molecule has 0 radical (unpaired) electrons. The minimum Gasteiger partial charge on any atom is -0.363 e. The van der Waals surface area contributed by atoms with Crippen molar-refractivity contribution in [2.75, 3.05) is 44.2 Å². The smallest absolute Gasteiger partial charge is 0.255 e. The SMILES string of the molecule is Cc1sc(N2CCCCC2)cc1C(=O)N1CCN(C(C)C)CC1. The van der Waals surface area contributed by atoms with Gasteiger partial charge < -0.3 is 9.80 Å². The molecule has 3 rings (SSSR count). The first-order valence-electron chi connectivity index (χ1n) is 8.95. The van der Waals surface area contributed by atoms with Crippen LogP contribution < -0.4 is 4.90 Å². The van der Waals surface area contributed by atoms with Crippen molar-refractivity contribution in [2.45, 2.75) is 46.1 Å². The first kappa shape index (κ1) is 16.8. The largest absolute Gasteiger partial charge is 0.363 e. The van der Waals surface area contributed by atoms with E-state index in [2.05, 4.69) is 36.6 Å². The highest BCUT2D eigenvalue weighted by Crippen LogP contribution is 2.32. The van der Waals surface area contributed by atoms with Crippen LogP contribution in [0.5, 0.6) is 0 Å². The van der Waals surface area contributed by atoms with Gasteiger partial charge in [-0.1, -0.05) is 0 Å². The van der Waals surface area contributed by atoms with Gasteiger partial charge in [-0.25, -0.2) is 0 Å². The summed E-state index contributed by atoms with van der Waals surface area (Å²) in [6.45, 7) is 12.5. The van der Waals surface area contributed by atoms with E-state index in [1.54, 1.807) is 11.3 Å². The molecule has 0 atom stereocenters. The van der Waals surface area contributed by atoms with Crippen molar-refractivity contribution in [1.82, 2.24) is 9.80 Å². The number of carbonyl (C=O) groups excluding carboxylic acids is 1. The third-order valence-electron chi connectivity index (χ3n) is 5.13. The topological polar surface area (TPSA) is 26.8 Å². The average Bonchev–Trinajstić information content (AvgIpc) is 2.97. The first-order valence-corrected chi connectivity index (χ1v) is 9.76. The molecule has 0 unspecified atom stereocenters. The van der Waals surface area contributed by atoms with Crippen LogP contribution in [0.15, 0.2) is 6.07 Å². The van der Waals surface area contributed by atoms with Crippen LogP contribution in [0.3, 0.4) is 0 Å². The van der Waals surface area contributed by atoms with E-state index in [0.717, 1.165) is 44.8 Å². The zero-order chi connectivity index (χ0) is 16.4. The molecule has 4 nitrogen and oxygen atoms in total. The molecule has 1 aromatic heterocycles. The summed E-state index contributed by atoms with van der Waals surface area (Å²) in [5.74, 6) is 0.227. The Hall–Kier alpha value is -1.07. The normalized spacial score (nSPS) is 20.3. The lowest BCUT2D eigenvalue weighted by Gasteiger charge is -2.36. The summed E-state index contributed by atoms with van der Waals surface area (Å²) < 4.78 is 0. The molecule has 0 N–H and O–H groups in total. The van der Waals surface area contributed by atoms with Crippen molar-refractivity contribution >= 4 is 22.2 Å². The Morgan fingerprint density at radius 3 is 2.30 bits per heavy atom. The lowest BCUT2D eigenvalue weighted by molar-refractivity contribution is 0.0595. The second-order valence-corrected chi connectivity index (χ2v) is 8.26. The highest BCUT2D eigenvalue weighted by atomic mass is 32.1. The van der Waals surface area contributed by atoms with Crippen molar-refractivity contribution in [3.8, 4) is 0 Å². The minimum absolute atomic E-state index is 0.227. The Morgan fingerprint density at radius 2 is 1.70 bits per heavy atom. The Balaban J connectivity index is 1.67. The summed E-state index contributed by atoms with van der Waals surface area (Å²) in [4.78, 5) is 21.0. The van der Waals surface area contributed by atoms with Gasteiger partial charge in [-0.2, -0.15) is 0 Å². The number of hydrogen-bond donors (Lipinski definition) is 0. The predicted octanol–water partition coefficient (Wildman–Crippen LogP) is 3.21. The molecule has 23 heavy (non-hydrogen) atoms. The molecule has 5 heteroatoms. The van der Waals surface area contributed by atoms with Gasteiger partial charge in [0.05, 0.1) is 10.6 Å². The summed E-state index contributed by atoms with van der Waals surface area (Å²) in [5, 5.41) is 1.28. The van der Waals surface area contributed by atoms with E-state index in [9.17, 15) is 4.79 Å². The van der Waals surface area contributed by atoms with Gasteiger partial charge in [0, 0.05) is 50.2 Å². The van der Waals surface area contributed by atoms with Gasteiger partial charge in [-0.05, 0) is 46.1 Å². The number of piperidine rings is 1.